The van der Waals surface area contributed by atoms with Gasteiger partial charge in [-0.05, 0) is 54.3 Å². The first-order chi connectivity index (χ1) is 16.7. The van der Waals surface area contributed by atoms with Gasteiger partial charge in [0.2, 0.25) is 15.3 Å². The maximum atomic E-state index is 15.0. The first-order valence-corrected chi connectivity index (χ1v) is 12.9. The van der Waals surface area contributed by atoms with E-state index in [0.717, 1.165) is 36.7 Å². The average molecular weight is 514 g/mol. The van der Waals surface area contributed by atoms with Crippen molar-refractivity contribution in [2.24, 2.45) is 10.9 Å². The Hall–Kier alpha value is -3.30. The van der Waals surface area contributed by atoms with Gasteiger partial charge >= 0.3 is 0 Å². The number of nitrogens with one attached hydrogen (secondary N) is 2. The van der Waals surface area contributed by atoms with E-state index in [2.05, 4.69) is 15.3 Å². The van der Waals surface area contributed by atoms with Gasteiger partial charge < -0.3 is 10.3 Å². The highest BCUT2D eigenvalue weighted by atomic mass is 35.5. The van der Waals surface area contributed by atoms with Crippen LogP contribution in [-0.4, -0.2) is 30.4 Å². The number of fused-ring (bicyclic) bond motifs is 1. The van der Waals surface area contributed by atoms with Crippen LogP contribution in [0.3, 0.4) is 0 Å². The van der Waals surface area contributed by atoms with E-state index in [4.69, 9.17) is 11.6 Å². The number of carbonyl (C=O) groups is 1. The van der Waals surface area contributed by atoms with Crippen LogP contribution in [-0.2, 0) is 16.4 Å². The largest absolute Gasteiger partial charge is 0.358 e. The smallest absolute Gasteiger partial charge is 0.257 e. The molecule has 1 aliphatic heterocycles. The van der Waals surface area contributed by atoms with E-state index in [9.17, 15) is 22.4 Å². The molecule has 0 saturated heterocycles. The summed E-state index contributed by atoms with van der Waals surface area (Å²) in [5, 5.41) is 2.96. The van der Waals surface area contributed by atoms with Gasteiger partial charge in [0.05, 0.1) is 15.8 Å². The van der Waals surface area contributed by atoms with E-state index >= 15 is 0 Å². The molecule has 1 atom stereocenters. The van der Waals surface area contributed by atoms with Crippen molar-refractivity contribution in [3.63, 3.8) is 0 Å². The summed E-state index contributed by atoms with van der Waals surface area (Å²) in [4.78, 5) is 30.8. The summed E-state index contributed by atoms with van der Waals surface area (Å²) < 4.78 is 42.2. The maximum Gasteiger partial charge on any atom is 0.257 e. The Kier molecular flexibility index (Phi) is 5.85. The van der Waals surface area contributed by atoms with Gasteiger partial charge in [0.1, 0.15) is 11.4 Å². The zero-order valence-corrected chi connectivity index (χ0v) is 20.0. The van der Waals surface area contributed by atoms with Crippen molar-refractivity contribution >= 4 is 44.5 Å². The number of hydrogen-bond acceptors (Lipinski definition) is 5. The molecule has 1 unspecified atom stereocenters. The molecule has 2 heterocycles. The Morgan fingerprint density at radius 2 is 1.97 bits per heavy atom. The minimum atomic E-state index is -4.16. The molecule has 35 heavy (non-hydrogen) atoms. The number of benzene rings is 2. The highest BCUT2D eigenvalue weighted by Gasteiger charge is 2.47. The minimum absolute atomic E-state index is 0.143. The number of sulfone groups is 1. The molecule has 2 N–H and O–H groups in total. The van der Waals surface area contributed by atoms with Crippen molar-refractivity contribution in [3.8, 4) is 0 Å². The summed E-state index contributed by atoms with van der Waals surface area (Å²) in [6.07, 6.45) is 7.75. The number of hydrogen-bond donors (Lipinski definition) is 2. The topological polar surface area (TPSA) is 108 Å². The molecule has 0 radical (unpaired) electrons. The van der Waals surface area contributed by atoms with Gasteiger partial charge in [-0.2, -0.15) is 0 Å². The Morgan fingerprint density at radius 3 is 2.63 bits per heavy atom. The predicted octanol–water partition coefficient (Wildman–Crippen LogP) is 4.16. The van der Waals surface area contributed by atoms with Crippen molar-refractivity contribution in [3.05, 3.63) is 86.9 Å². The number of allylic oxidation sites excluding steroid dienone is 1. The van der Waals surface area contributed by atoms with E-state index in [-0.39, 0.29) is 33.8 Å². The SMILES string of the molecule is O=C(NCc1ccc(Cl)cc1)c1c[nH]c2c(F)cc(S(=O)(=O)C3(CC4CC4)C=CC=N3)cc2c1=O. The number of carbonyl (C=O) groups excluding carboxylic acids is 1. The van der Waals surface area contributed by atoms with Crippen LogP contribution in [0.25, 0.3) is 10.9 Å². The lowest BCUT2D eigenvalue weighted by atomic mass is 10.1. The number of nitrogens with zero attached hydrogens (tertiary/aromatic N) is 1. The fourth-order valence-corrected chi connectivity index (χ4v) is 6.18. The molecule has 5 rings (SSSR count). The molecular formula is C25H21ClFN3O4S. The summed E-state index contributed by atoms with van der Waals surface area (Å²) in [5.41, 5.74) is -0.438. The third-order valence-electron chi connectivity index (χ3n) is 6.31. The first kappa shape index (κ1) is 23.4. The Balaban J connectivity index is 1.51. The second-order valence-electron chi connectivity index (χ2n) is 8.80. The predicted molar refractivity (Wildman–Crippen MR) is 132 cm³/mol. The number of rotatable bonds is 7. The van der Waals surface area contributed by atoms with E-state index in [0.29, 0.717) is 11.4 Å². The van der Waals surface area contributed by atoms with Crippen molar-refractivity contribution in [2.45, 2.75) is 35.6 Å². The Morgan fingerprint density at radius 1 is 1.23 bits per heavy atom. The number of pyridine rings is 1. The van der Waals surface area contributed by atoms with Crippen LogP contribution in [0.2, 0.25) is 5.02 Å². The van der Waals surface area contributed by atoms with Gasteiger partial charge in [-0.25, -0.2) is 12.8 Å². The number of halogens is 2. The Labute approximate surface area is 205 Å². The van der Waals surface area contributed by atoms with Gasteiger partial charge in [0.25, 0.3) is 5.91 Å². The maximum absolute atomic E-state index is 15.0. The highest BCUT2D eigenvalue weighted by Crippen LogP contribution is 2.44. The van der Waals surface area contributed by atoms with Crippen LogP contribution in [0.15, 0.2) is 69.4 Å². The molecule has 10 heteroatoms. The van der Waals surface area contributed by atoms with Crippen LogP contribution in [0.5, 0.6) is 0 Å². The molecule has 2 aliphatic rings. The van der Waals surface area contributed by atoms with Crippen LogP contribution in [0.1, 0.15) is 35.2 Å². The second kappa shape index (κ2) is 8.73. The summed E-state index contributed by atoms with van der Waals surface area (Å²) in [7, 11) is -4.16. The van der Waals surface area contributed by atoms with E-state index in [1.165, 1.54) is 12.3 Å². The van der Waals surface area contributed by atoms with Crippen LogP contribution >= 0.6 is 11.6 Å². The standard InChI is InChI=1S/C25H21ClFN3O4S/c26-17-6-4-16(5-7-17)13-29-24(32)20-14-28-22-19(23(20)31)10-18(11-21(22)27)35(33,34)25(8-1-9-30-25)12-15-2-3-15/h1,4-11,14-15H,2-3,12-13H2,(H,28,31)(H,29,32). The van der Waals surface area contributed by atoms with Crippen LogP contribution in [0, 0.1) is 11.7 Å². The molecule has 1 aliphatic carbocycles. The molecule has 180 valence electrons. The summed E-state index contributed by atoms with van der Waals surface area (Å²) in [5.74, 6) is -1.35. The van der Waals surface area contributed by atoms with Crippen molar-refractivity contribution in [1.82, 2.24) is 10.3 Å². The fourth-order valence-electron chi connectivity index (χ4n) is 4.20. The molecule has 3 aromatic rings. The summed E-state index contributed by atoms with van der Waals surface area (Å²) in [6.45, 7) is 0.143. The van der Waals surface area contributed by atoms with Gasteiger partial charge in [0, 0.05) is 24.0 Å². The van der Waals surface area contributed by atoms with E-state index in [1.54, 1.807) is 30.3 Å². The average Bonchev–Trinajstić information content (AvgIpc) is 3.51. The quantitative estimate of drug-likeness (QED) is 0.494. The lowest BCUT2D eigenvalue weighted by molar-refractivity contribution is 0.0949. The van der Waals surface area contributed by atoms with E-state index < -0.39 is 31.9 Å². The van der Waals surface area contributed by atoms with Gasteiger partial charge in [-0.15, -0.1) is 0 Å². The van der Waals surface area contributed by atoms with Gasteiger partial charge in [0.15, 0.2) is 4.87 Å². The molecule has 2 aromatic carbocycles. The molecule has 1 fully saturated rings. The molecular weight excluding hydrogens is 493 g/mol. The highest BCUT2D eigenvalue weighted by molar-refractivity contribution is 7.93. The monoisotopic (exact) mass is 513 g/mol. The third kappa shape index (κ3) is 4.30. The van der Waals surface area contributed by atoms with Crippen molar-refractivity contribution in [2.75, 3.05) is 0 Å². The molecule has 0 spiro atoms. The lowest BCUT2D eigenvalue weighted by Gasteiger charge is -2.24. The zero-order chi connectivity index (χ0) is 24.8. The number of aromatic amines is 1. The minimum Gasteiger partial charge on any atom is -0.358 e. The third-order valence-corrected chi connectivity index (χ3v) is 8.76. The normalized spacial score (nSPS) is 19.4. The molecule has 7 nitrogen and oxygen atoms in total. The lowest BCUT2D eigenvalue weighted by Crippen LogP contribution is -2.34. The number of amides is 1. The van der Waals surface area contributed by atoms with Crippen LogP contribution in [0.4, 0.5) is 4.39 Å². The zero-order valence-electron chi connectivity index (χ0n) is 18.4. The molecule has 1 saturated carbocycles. The molecule has 1 aromatic heterocycles. The van der Waals surface area contributed by atoms with E-state index in [1.807, 2.05) is 0 Å². The first-order valence-electron chi connectivity index (χ1n) is 11.1. The fraction of sp³-hybridized carbons (Fsp3) is 0.240. The number of aromatic nitrogens is 1. The van der Waals surface area contributed by atoms with Crippen LogP contribution < -0.4 is 10.7 Å². The summed E-state index contributed by atoms with van der Waals surface area (Å²) in [6, 6.07) is 8.84. The van der Waals surface area contributed by atoms with Crippen molar-refractivity contribution < 1.29 is 17.6 Å². The molecule has 1 amide bonds. The summed E-state index contributed by atoms with van der Waals surface area (Å²) >= 11 is 5.86. The molecule has 0 bridgehead atoms. The second-order valence-corrected chi connectivity index (χ2v) is 11.4. The number of H-pyrrole nitrogens is 1. The Bertz CT molecular complexity index is 1550. The van der Waals surface area contributed by atoms with Gasteiger partial charge in [-0.1, -0.05) is 36.6 Å². The van der Waals surface area contributed by atoms with Gasteiger partial charge in [-0.3, -0.25) is 14.6 Å². The number of aliphatic imine (C=N–C) groups is 1. The van der Waals surface area contributed by atoms with Crippen molar-refractivity contribution in [1.29, 1.82) is 0 Å².